The molecule has 6 nitrogen and oxygen atoms in total. The van der Waals surface area contributed by atoms with Gasteiger partial charge in [-0.15, -0.1) is 0 Å². The molecule has 0 aromatic carbocycles. The average molecular weight is 333 g/mol. The van der Waals surface area contributed by atoms with Gasteiger partial charge in [-0.25, -0.2) is 0 Å². The molecule has 0 bridgehead atoms. The van der Waals surface area contributed by atoms with E-state index in [2.05, 4.69) is 26.1 Å². The van der Waals surface area contributed by atoms with Gasteiger partial charge in [0.2, 0.25) is 0 Å². The molecule has 0 amide bonds. The molecular formula is C17H40N4O2. The van der Waals surface area contributed by atoms with Crippen molar-refractivity contribution < 1.29 is 9.47 Å². The smallest absolute Gasteiger partial charge is 0.114 e. The van der Waals surface area contributed by atoms with Crippen molar-refractivity contribution in [2.75, 3.05) is 19.9 Å². The van der Waals surface area contributed by atoms with Crippen LogP contribution in [0.15, 0.2) is 0 Å². The highest BCUT2D eigenvalue weighted by Crippen LogP contribution is 2.42. The first-order valence-electron chi connectivity index (χ1n) is 8.77. The molecule has 23 heavy (non-hydrogen) atoms. The Balaban J connectivity index is 5.00. The zero-order valence-corrected chi connectivity index (χ0v) is 16.1. The van der Waals surface area contributed by atoms with Crippen LogP contribution in [-0.4, -0.2) is 37.4 Å². The van der Waals surface area contributed by atoms with E-state index in [4.69, 9.17) is 26.7 Å². The summed E-state index contributed by atoms with van der Waals surface area (Å²) < 4.78 is 11.7. The second kappa shape index (κ2) is 9.91. The maximum absolute atomic E-state index is 6.35. The quantitative estimate of drug-likeness (QED) is 0.383. The lowest BCUT2D eigenvalue weighted by Crippen LogP contribution is -2.48. The summed E-state index contributed by atoms with van der Waals surface area (Å²) in [6.07, 6.45) is 3.42. The molecule has 6 heteroatoms. The van der Waals surface area contributed by atoms with Crippen molar-refractivity contribution in [3.8, 4) is 0 Å². The monoisotopic (exact) mass is 332 g/mol. The summed E-state index contributed by atoms with van der Waals surface area (Å²) in [5, 5.41) is 3.09. The number of hydrogen-bond donors (Lipinski definition) is 4. The molecule has 0 heterocycles. The van der Waals surface area contributed by atoms with Gasteiger partial charge in [-0.2, -0.15) is 0 Å². The summed E-state index contributed by atoms with van der Waals surface area (Å²) in [5.74, 6) is 0. The lowest BCUT2D eigenvalue weighted by molar-refractivity contribution is -0.0969. The SMILES string of the molecule is CCOC(C)(N)CC(CC)(CCN)CC(C)(C)OCNC(C)N. The van der Waals surface area contributed by atoms with Gasteiger partial charge in [0.1, 0.15) is 5.72 Å². The van der Waals surface area contributed by atoms with Gasteiger partial charge in [0.15, 0.2) is 0 Å². The summed E-state index contributed by atoms with van der Waals surface area (Å²) in [6, 6.07) is 0. The molecule has 0 aliphatic rings. The summed E-state index contributed by atoms with van der Waals surface area (Å²) in [7, 11) is 0. The molecule has 7 N–H and O–H groups in total. The highest BCUT2D eigenvalue weighted by atomic mass is 16.5. The molecule has 0 aliphatic carbocycles. The molecule has 0 aromatic rings. The maximum atomic E-state index is 6.35. The first-order valence-corrected chi connectivity index (χ1v) is 8.77. The minimum Gasteiger partial charge on any atom is -0.361 e. The lowest BCUT2D eigenvalue weighted by atomic mass is 9.69. The number of ether oxygens (including phenoxy) is 2. The Labute approximate surface area is 142 Å². The van der Waals surface area contributed by atoms with Crippen molar-refractivity contribution in [1.82, 2.24) is 5.32 Å². The Morgan fingerprint density at radius 2 is 1.70 bits per heavy atom. The summed E-state index contributed by atoms with van der Waals surface area (Å²) in [4.78, 5) is 0. The standard InChI is InChI=1S/C17H40N4O2/c1-7-17(9-10-18,12-16(6,20)22-8-2)11-15(4,5)23-13-21-14(3)19/h14,21H,7-13,18-20H2,1-6H3. The highest BCUT2D eigenvalue weighted by molar-refractivity contribution is 4.90. The van der Waals surface area contributed by atoms with E-state index in [0.29, 0.717) is 19.9 Å². The lowest BCUT2D eigenvalue weighted by Gasteiger charge is -2.43. The molecule has 3 unspecified atom stereocenters. The van der Waals surface area contributed by atoms with Gasteiger partial charge in [0.05, 0.1) is 18.5 Å². The first-order chi connectivity index (χ1) is 10.5. The fourth-order valence-corrected chi connectivity index (χ4v) is 3.42. The van der Waals surface area contributed by atoms with Gasteiger partial charge in [-0.1, -0.05) is 13.3 Å². The molecule has 0 radical (unpaired) electrons. The van der Waals surface area contributed by atoms with E-state index in [0.717, 1.165) is 25.7 Å². The molecule has 0 saturated heterocycles. The molecule has 0 aliphatic heterocycles. The van der Waals surface area contributed by atoms with Crippen LogP contribution in [-0.2, 0) is 9.47 Å². The Morgan fingerprint density at radius 1 is 1.09 bits per heavy atom. The van der Waals surface area contributed by atoms with Crippen LogP contribution in [0.3, 0.4) is 0 Å². The van der Waals surface area contributed by atoms with E-state index in [1.54, 1.807) is 0 Å². The summed E-state index contributed by atoms with van der Waals surface area (Å²) in [5.41, 5.74) is 17.0. The number of hydrogen-bond acceptors (Lipinski definition) is 6. The number of rotatable bonds is 13. The van der Waals surface area contributed by atoms with E-state index in [1.807, 2.05) is 20.8 Å². The molecule has 0 spiro atoms. The molecule has 0 aromatic heterocycles. The fraction of sp³-hybridized carbons (Fsp3) is 1.00. The molecule has 0 rings (SSSR count). The third kappa shape index (κ3) is 9.59. The van der Waals surface area contributed by atoms with Crippen LogP contribution >= 0.6 is 0 Å². The molecule has 0 fully saturated rings. The molecule has 0 saturated carbocycles. The second-order valence-electron chi connectivity index (χ2n) is 7.53. The van der Waals surface area contributed by atoms with Crippen LogP contribution in [0.1, 0.15) is 67.2 Å². The van der Waals surface area contributed by atoms with Crippen LogP contribution < -0.4 is 22.5 Å². The van der Waals surface area contributed by atoms with Crippen molar-refractivity contribution >= 4 is 0 Å². The fourth-order valence-electron chi connectivity index (χ4n) is 3.42. The first kappa shape index (κ1) is 22.8. The van der Waals surface area contributed by atoms with Crippen LogP contribution in [0.4, 0.5) is 0 Å². The normalized spacial score (nSPS) is 19.2. The highest BCUT2D eigenvalue weighted by Gasteiger charge is 2.40. The van der Waals surface area contributed by atoms with Crippen LogP contribution in [0, 0.1) is 5.41 Å². The van der Waals surface area contributed by atoms with E-state index in [1.165, 1.54) is 0 Å². The van der Waals surface area contributed by atoms with Crippen LogP contribution in [0.2, 0.25) is 0 Å². The van der Waals surface area contributed by atoms with Gasteiger partial charge >= 0.3 is 0 Å². The third-order valence-electron chi connectivity index (χ3n) is 4.29. The minimum atomic E-state index is -0.653. The van der Waals surface area contributed by atoms with Crippen molar-refractivity contribution in [2.24, 2.45) is 22.6 Å². The molecule has 3 atom stereocenters. The maximum Gasteiger partial charge on any atom is 0.114 e. The number of nitrogens with one attached hydrogen (secondary N) is 1. The Bertz CT molecular complexity index is 322. The van der Waals surface area contributed by atoms with E-state index in [-0.39, 0.29) is 17.2 Å². The minimum absolute atomic E-state index is 0.00868. The predicted molar refractivity (Wildman–Crippen MR) is 96.7 cm³/mol. The second-order valence-corrected chi connectivity index (χ2v) is 7.53. The zero-order valence-electron chi connectivity index (χ0n) is 16.1. The van der Waals surface area contributed by atoms with Gasteiger partial charge in [-0.05, 0) is 65.8 Å². The predicted octanol–water partition coefficient (Wildman–Crippen LogP) is 1.87. The van der Waals surface area contributed by atoms with Crippen molar-refractivity contribution in [3.05, 3.63) is 0 Å². The van der Waals surface area contributed by atoms with Gasteiger partial charge < -0.3 is 26.7 Å². The molecule has 140 valence electrons. The van der Waals surface area contributed by atoms with Gasteiger partial charge in [-0.3, -0.25) is 5.32 Å². The average Bonchev–Trinajstić information content (AvgIpc) is 2.36. The van der Waals surface area contributed by atoms with Crippen LogP contribution in [0.5, 0.6) is 0 Å². The van der Waals surface area contributed by atoms with E-state index < -0.39 is 5.72 Å². The van der Waals surface area contributed by atoms with Gasteiger partial charge in [0.25, 0.3) is 0 Å². The largest absolute Gasteiger partial charge is 0.361 e. The Morgan fingerprint density at radius 3 is 2.13 bits per heavy atom. The Hall–Kier alpha value is -0.240. The summed E-state index contributed by atoms with van der Waals surface area (Å²) >= 11 is 0. The van der Waals surface area contributed by atoms with E-state index in [9.17, 15) is 0 Å². The summed E-state index contributed by atoms with van der Waals surface area (Å²) in [6.45, 7) is 13.9. The number of nitrogens with two attached hydrogens (primary N) is 3. The molecular weight excluding hydrogens is 292 g/mol. The van der Waals surface area contributed by atoms with Crippen molar-refractivity contribution in [1.29, 1.82) is 0 Å². The van der Waals surface area contributed by atoms with Gasteiger partial charge in [0, 0.05) is 6.61 Å². The van der Waals surface area contributed by atoms with Crippen molar-refractivity contribution in [3.63, 3.8) is 0 Å². The van der Waals surface area contributed by atoms with Crippen molar-refractivity contribution in [2.45, 2.75) is 84.7 Å². The Kier molecular flexibility index (Phi) is 9.81. The van der Waals surface area contributed by atoms with Crippen LogP contribution in [0.25, 0.3) is 0 Å². The topological polar surface area (TPSA) is 109 Å². The van der Waals surface area contributed by atoms with E-state index >= 15 is 0 Å². The third-order valence-corrected chi connectivity index (χ3v) is 4.29. The zero-order chi connectivity index (χ0) is 18.1.